The number of carbonyl (C=O) groups excluding carboxylic acids is 5. The summed E-state index contributed by atoms with van der Waals surface area (Å²) >= 11 is 0. The van der Waals surface area contributed by atoms with Gasteiger partial charge in [0, 0.05) is 30.1 Å². The molecular formula is C32H44N6O7. The van der Waals surface area contributed by atoms with E-state index in [2.05, 4.69) is 26.3 Å². The minimum Gasteiger partial charge on any atom is -0.481 e. The smallest absolute Gasteiger partial charge is 0.305 e. The SMILES string of the molecule is CC(C)C[C@H]1NC(=O)[C@H](C(C)C)NC(=O)[C@@H]2CCCCN2C(=O)[C@H](CC(=O)O)NC(=O)[C@H](Cc2c[nH]c3ccccc23)NC1=O. The molecule has 3 heterocycles. The number of carboxylic acid groups (broad SMARTS) is 1. The zero-order chi connectivity index (χ0) is 32.8. The van der Waals surface area contributed by atoms with E-state index in [0.29, 0.717) is 19.3 Å². The Hall–Kier alpha value is -4.42. The molecule has 0 unspecified atom stereocenters. The lowest BCUT2D eigenvalue weighted by atomic mass is 9.97. The largest absolute Gasteiger partial charge is 0.481 e. The van der Waals surface area contributed by atoms with Crippen LogP contribution in [-0.4, -0.2) is 87.2 Å². The number of aromatic amines is 1. The van der Waals surface area contributed by atoms with Crippen molar-refractivity contribution in [2.45, 2.75) is 96.4 Å². The molecule has 4 rings (SSSR count). The Morgan fingerprint density at radius 2 is 1.53 bits per heavy atom. The van der Waals surface area contributed by atoms with Crippen molar-refractivity contribution in [3.05, 3.63) is 36.0 Å². The van der Waals surface area contributed by atoms with Crippen LogP contribution in [0.15, 0.2) is 30.5 Å². The molecule has 2 saturated heterocycles. The van der Waals surface area contributed by atoms with E-state index in [1.54, 1.807) is 20.0 Å². The van der Waals surface area contributed by atoms with Gasteiger partial charge in [0.1, 0.15) is 30.2 Å². The lowest BCUT2D eigenvalue weighted by molar-refractivity contribution is -0.149. The summed E-state index contributed by atoms with van der Waals surface area (Å²) in [5, 5.41) is 21.5. The van der Waals surface area contributed by atoms with E-state index in [0.717, 1.165) is 16.5 Å². The molecular weight excluding hydrogens is 580 g/mol. The molecule has 1 aromatic carbocycles. The van der Waals surface area contributed by atoms with Gasteiger partial charge in [-0.1, -0.05) is 45.9 Å². The quantitative estimate of drug-likeness (QED) is 0.267. The molecule has 0 aliphatic carbocycles. The summed E-state index contributed by atoms with van der Waals surface area (Å²) in [6.07, 6.45) is 2.86. The van der Waals surface area contributed by atoms with Gasteiger partial charge in [-0.2, -0.15) is 0 Å². The van der Waals surface area contributed by atoms with Gasteiger partial charge in [0.05, 0.1) is 6.42 Å². The molecule has 5 atom stereocenters. The fourth-order valence-electron chi connectivity index (χ4n) is 6.07. The van der Waals surface area contributed by atoms with Gasteiger partial charge in [-0.15, -0.1) is 0 Å². The molecule has 13 nitrogen and oxygen atoms in total. The molecule has 0 spiro atoms. The van der Waals surface area contributed by atoms with Crippen molar-refractivity contribution in [2.75, 3.05) is 6.54 Å². The van der Waals surface area contributed by atoms with Crippen LogP contribution in [0.4, 0.5) is 0 Å². The molecule has 0 bridgehead atoms. The first-order valence-electron chi connectivity index (χ1n) is 15.6. The number of aliphatic carboxylic acids is 1. The van der Waals surface area contributed by atoms with Crippen LogP contribution < -0.4 is 21.3 Å². The summed E-state index contributed by atoms with van der Waals surface area (Å²) in [5.41, 5.74) is 1.55. The molecule has 2 aliphatic heterocycles. The molecule has 6 N–H and O–H groups in total. The zero-order valence-corrected chi connectivity index (χ0v) is 26.2. The monoisotopic (exact) mass is 624 g/mol. The Kier molecular flexibility index (Phi) is 10.8. The van der Waals surface area contributed by atoms with E-state index in [1.807, 2.05) is 38.1 Å². The van der Waals surface area contributed by atoms with Crippen LogP contribution in [0.25, 0.3) is 10.9 Å². The number of hydrogen-bond donors (Lipinski definition) is 6. The van der Waals surface area contributed by atoms with Crippen LogP contribution in [0.2, 0.25) is 0 Å². The van der Waals surface area contributed by atoms with Gasteiger partial charge in [-0.05, 0) is 49.1 Å². The van der Waals surface area contributed by atoms with Gasteiger partial charge >= 0.3 is 5.97 Å². The average molecular weight is 625 g/mol. The van der Waals surface area contributed by atoms with Crippen molar-refractivity contribution in [3.63, 3.8) is 0 Å². The maximum Gasteiger partial charge on any atom is 0.305 e. The van der Waals surface area contributed by atoms with Crippen LogP contribution in [0.3, 0.4) is 0 Å². The summed E-state index contributed by atoms with van der Waals surface area (Å²) in [6.45, 7) is 7.51. The summed E-state index contributed by atoms with van der Waals surface area (Å²) in [4.78, 5) is 85.0. The van der Waals surface area contributed by atoms with Gasteiger partial charge in [-0.25, -0.2) is 0 Å². The predicted molar refractivity (Wildman–Crippen MR) is 166 cm³/mol. The molecule has 2 fully saturated rings. The second-order valence-electron chi connectivity index (χ2n) is 12.7. The fraction of sp³-hybridized carbons (Fsp3) is 0.562. The summed E-state index contributed by atoms with van der Waals surface area (Å²) in [6, 6.07) is 1.78. The second kappa shape index (κ2) is 14.6. The summed E-state index contributed by atoms with van der Waals surface area (Å²) in [5.74, 6) is -4.84. The number of rotatable bonds is 7. The van der Waals surface area contributed by atoms with Gasteiger partial charge in [0.15, 0.2) is 0 Å². The average Bonchev–Trinajstić information content (AvgIpc) is 3.39. The molecule has 244 valence electrons. The minimum absolute atomic E-state index is 0.00974. The first kappa shape index (κ1) is 33.5. The fourth-order valence-corrected chi connectivity index (χ4v) is 6.07. The van der Waals surface area contributed by atoms with Crippen molar-refractivity contribution in [3.8, 4) is 0 Å². The third kappa shape index (κ3) is 8.20. The number of fused-ring (bicyclic) bond motifs is 2. The Morgan fingerprint density at radius 3 is 2.22 bits per heavy atom. The normalized spacial score (nSPS) is 25.6. The molecule has 0 saturated carbocycles. The third-order valence-corrected chi connectivity index (χ3v) is 8.40. The van der Waals surface area contributed by atoms with Gasteiger partial charge in [-0.3, -0.25) is 28.8 Å². The number of para-hydroxylation sites is 1. The highest BCUT2D eigenvalue weighted by molar-refractivity contribution is 5.99. The van der Waals surface area contributed by atoms with Crippen molar-refractivity contribution in [1.29, 1.82) is 0 Å². The topological polar surface area (TPSA) is 190 Å². The van der Waals surface area contributed by atoms with Gasteiger partial charge in [0.25, 0.3) is 0 Å². The molecule has 13 heteroatoms. The van der Waals surface area contributed by atoms with Crippen LogP contribution in [0.5, 0.6) is 0 Å². The minimum atomic E-state index is -1.48. The van der Waals surface area contributed by atoms with Crippen molar-refractivity contribution in [2.24, 2.45) is 11.8 Å². The number of piperidine rings is 1. The predicted octanol–water partition coefficient (Wildman–Crippen LogP) is 1.22. The van der Waals surface area contributed by atoms with Crippen LogP contribution in [0.1, 0.15) is 65.4 Å². The molecule has 2 aromatic rings. The van der Waals surface area contributed by atoms with E-state index >= 15 is 0 Å². The third-order valence-electron chi connectivity index (χ3n) is 8.40. The lowest BCUT2D eigenvalue weighted by Gasteiger charge is -2.37. The number of amides is 5. The van der Waals surface area contributed by atoms with E-state index in [1.165, 1.54) is 4.90 Å². The molecule has 45 heavy (non-hydrogen) atoms. The number of benzene rings is 1. The highest BCUT2D eigenvalue weighted by atomic mass is 16.4. The van der Waals surface area contributed by atoms with Gasteiger partial charge in [0.2, 0.25) is 29.5 Å². The van der Waals surface area contributed by atoms with Gasteiger partial charge < -0.3 is 36.3 Å². The number of aromatic nitrogens is 1. The molecule has 2 aliphatic rings. The number of nitrogens with zero attached hydrogens (tertiary/aromatic N) is 1. The number of carboxylic acids is 1. The standard InChI is InChI=1S/C32H44N6O7/c1-17(2)13-22-28(41)34-23(14-19-16-33-21-10-6-5-9-20(19)21)29(42)36-24(15-26(39)40)32(45)38-12-8-7-11-25(38)30(43)37-27(18(3)4)31(44)35-22/h5-6,9-10,16-18,22-25,27,33H,7-8,11-15H2,1-4H3,(H,34,41)(H,35,44)(H,36,42)(H,37,43)(H,39,40)/t22-,23+,24+,25+,27+/m1/s1. The highest BCUT2D eigenvalue weighted by Crippen LogP contribution is 2.22. The number of carbonyl (C=O) groups is 6. The highest BCUT2D eigenvalue weighted by Gasteiger charge is 2.40. The van der Waals surface area contributed by atoms with Crippen molar-refractivity contribution >= 4 is 46.4 Å². The first-order chi connectivity index (χ1) is 21.3. The zero-order valence-electron chi connectivity index (χ0n) is 26.2. The van der Waals surface area contributed by atoms with Crippen LogP contribution in [0, 0.1) is 11.8 Å². The Morgan fingerprint density at radius 1 is 0.867 bits per heavy atom. The maximum absolute atomic E-state index is 13.9. The maximum atomic E-state index is 13.9. The Labute approximate surface area is 262 Å². The van der Waals surface area contributed by atoms with Crippen molar-refractivity contribution in [1.82, 2.24) is 31.2 Å². The molecule has 1 aromatic heterocycles. The first-order valence-corrected chi connectivity index (χ1v) is 15.6. The van der Waals surface area contributed by atoms with E-state index < -0.39 is 72.1 Å². The Balaban J connectivity index is 1.77. The number of hydrogen-bond acceptors (Lipinski definition) is 6. The van der Waals surface area contributed by atoms with Crippen LogP contribution in [-0.2, 0) is 35.2 Å². The number of H-pyrrole nitrogens is 1. The lowest BCUT2D eigenvalue weighted by Crippen LogP contribution is -2.61. The number of nitrogens with one attached hydrogen (secondary N) is 5. The second-order valence-corrected chi connectivity index (χ2v) is 12.7. The van der Waals surface area contributed by atoms with Crippen molar-refractivity contribution < 1.29 is 33.9 Å². The van der Waals surface area contributed by atoms with E-state index in [4.69, 9.17) is 0 Å². The van der Waals surface area contributed by atoms with Crippen LogP contribution >= 0.6 is 0 Å². The summed E-state index contributed by atoms with van der Waals surface area (Å²) < 4.78 is 0. The van der Waals surface area contributed by atoms with E-state index in [-0.39, 0.29) is 31.2 Å². The molecule has 5 amide bonds. The molecule has 0 radical (unpaired) electrons. The Bertz CT molecular complexity index is 1440. The summed E-state index contributed by atoms with van der Waals surface area (Å²) in [7, 11) is 0. The van der Waals surface area contributed by atoms with E-state index in [9.17, 15) is 33.9 Å².